The molecule has 55 heavy (non-hydrogen) atoms. The highest BCUT2D eigenvalue weighted by Crippen LogP contribution is 2.35. The lowest BCUT2D eigenvalue weighted by molar-refractivity contribution is -0.340. The molecule has 16 heteroatoms. The number of aliphatic hydroxyl groups is 1. The zero-order valence-electron chi connectivity index (χ0n) is 30.3. The summed E-state index contributed by atoms with van der Waals surface area (Å²) in [5.41, 5.74) is 0.370. The molecule has 292 valence electrons. The molecular formula is C39H41NO15. The van der Waals surface area contributed by atoms with Gasteiger partial charge in [0.15, 0.2) is 37.0 Å². The van der Waals surface area contributed by atoms with E-state index in [-0.39, 0.29) is 16.7 Å². The lowest BCUT2D eigenvalue weighted by Gasteiger charge is -2.48. The fraction of sp³-hybridized carbons (Fsp3) is 0.385. The van der Waals surface area contributed by atoms with Crippen LogP contribution >= 0.6 is 0 Å². The van der Waals surface area contributed by atoms with Gasteiger partial charge < -0.3 is 48.3 Å². The molecule has 16 nitrogen and oxygen atoms in total. The summed E-state index contributed by atoms with van der Waals surface area (Å²) in [6, 6.07) is 22.3. The molecule has 0 bridgehead atoms. The van der Waals surface area contributed by atoms with Gasteiger partial charge in [-0.3, -0.25) is 14.4 Å². The minimum atomic E-state index is -1.78. The van der Waals surface area contributed by atoms with Gasteiger partial charge in [0, 0.05) is 20.8 Å². The summed E-state index contributed by atoms with van der Waals surface area (Å²) in [5.74, 6) is -4.79. The molecule has 0 radical (unpaired) electrons. The van der Waals surface area contributed by atoms with E-state index in [1.807, 2.05) is 0 Å². The van der Waals surface area contributed by atoms with Crippen molar-refractivity contribution in [3.8, 4) is 0 Å². The summed E-state index contributed by atoms with van der Waals surface area (Å²) in [5, 5.41) is 13.4. The van der Waals surface area contributed by atoms with Gasteiger partial charge in [0.2, 0.25) is 5.91 Å². The number of esters is 5. The standard InChI is InChI=1S/C39H41NO15/c1-21-30(52-35(44)25-14-8-5-9-15-25)33(53-36(45)26-16-10-6-11-17-26)34(54-37(46)27-18-12-7-13-19-27)39(49-21)55-31-28(20-48-23(3)42)51-38(47)29(40-22(2)41)32(31)50-24(4)43/h5-19,21,28-34,38-39,47H,20H2,1-4H3,(H,40,41)/t21-,28+,29+,30+,31+,32+,33+,34-,38+,39-/m0/s1. The lowest BCUT2D eigenvalue weighted by Crippen LogP contribution is -2.68. The zero-order valence-corrected chi connectivity index (χ0v) is 30.3. The average Bonchev–Trinajstić information content (AvgIpc) is 3.16. The SMILES string of the molecule is CC(=O)N[C@@H]1[C@@H](OC(C)=O)[C@H](O[C@@H]2O[C@@H](C)[C@@H](OC(=O)c3ccccc3)[C@@H](OC(=O)c3ccccc3)[C@@H]2OC(=O)c2ccccc2)[C@@H](COC(C)=O)O[C@H]1O. The van der Waals surface area contributed by atoms with Gasteiger partial charge in [-0.25, -0.2) is 14.4 Å². The van der Waals surface area contributed by atoms with Gasteiger partial charge in [0.05, 0.1) is 22.8 Å². The number of benzene rings is 3. The van der Waals surface area contributed by atoms with E-state index in [1.54, 1.807) is 54.6 Å². The predicted octanol–water partition coefficient (Wildman–Crippen LogP) is 2.51. The third kappa shape index (κ3) is 10.5. The van der Waals surface area contributed by atoms with Crippen LogP contribution in [-0.4, -0.2) is 109 Å². The Kier molecular flexibility index (Phi) is 13.7. The highest BCUT2D eigenvalue weighted by Gasteiger charge is 2.56. The van der Waals surface area contributed by atoms with Gasteiger partial charge in [-0.1, -0.05) is 54.6 Å². The molecule has 0 unspecified atom stereocenters. The van der Waals surface area contributed by atoms with Crippen molar-refractivity contribution in [1.29, 1.82) is 0 Å². The first-order valence-corrected chi connectivity index (χ1v) is 17.3. The van der Waals surface area contributed by atoms with Gasteiger partial charge in [0.25, 0.3) is 0 Å². The molecule has 3 aromatic rings. The third-order valence-corrected chi connectivity index (χ3v) is 8.56. The number of rotatable bonds is 12. The smallest absolute Gasteiger partial charge is 0.338 e. The number of aliphatic hydroxyl groups excluding tert-OH is 1. The second kappa shape index (κ2) is 18.6. The van der Waals surface area contributed by atoms with E-state index in [2.05, 4.69) is 5.32 Å². The van der Waals surface area contributed by atoms with Crippen molar-refractivity contribution in [3.63, 3.8) is 0 Å². The Hall–Kier alpha value is -5.68. The van der Waals surface area contributed by atoms with Crippen LogP contribution in [0.4, 0.5) is 0 Å². The molecule has 2 fully saturated rings. The van der Waals surface area contributed by atoms with Crippen molar-refractivity contribution in [2.24, 2.45) is 0 Å². The van der Waals surface area contributed by atoms with Crippen LogP contribution in [0.15, 0.2) is 91.0 Å². The second-order valence-electron chi connectivity index (χ2n) is 12.7. The van der Waals surface area contributed by atoms with Crippen LogP contribution in [0.5, 0.6) is 0 Å². The highest BCUT2D eigenvalue weighted by atomic mass is 16.7. The van der Waals surface area contributed by atoms with E-state index in [1.165, 1.54) is 43.3 Å². The summed E-state index contributed by atoms with van der Waals surface area (Å²) >= 11 is 0. The molecule has 5 rings (SSSR count). The molecular weight excluding hydrogens is 722 g/mol. The van der Waals surface area contributed by atoms with Crippen LogP contribution in [0.2, 0.25) is 0 Å². The van der Waals surface area contributed by atoms with Crippen molar-refractivity contribution in [3.05, 3.63) is 108 Å². The molecule has 1 amide bonds. The molecule has 2 heterocycles. The largest absolute Gasteiger partial charge is 0.463 e. The predicted molar refractivity (Wildman–Crippen MR) is 187 cm³/mol. The molecule has 2 aliphatic rings. The number of hydrogen-bond acceptors (Lipinski definition) is 15. The van der Waals surface area contributed by atoms with Gasteiger partial charge >= 0.3 is 29.8 Å². The van der Waals surface area contributed by atoms with Crippen LogP contribution in [0.3, 0.4) is 0 Å². The summed E-state index contributed by atoms with van der Waals surface area (Å²) in [7, 11) is 0. The summed E-state index contributed by atoms with van der Waals surface area (Å²) in [6.07, 6.45) is -13.8. The average molecular weight is 764 g/mol. The number of carbonyl (C=O) groups is 6. The van der Waals surface area contributed by atoms with E-state index < -0.39 is 104 Å². The van der Waals surface area contributed by atoms with Crippen LogP contribution < -0.4 is 5.32 Å². The summed E-state index contributed by atoms with van der Waals surface area (Å²) < 4.78 is 47.1. The Morgan fingerprint density at radius 3 is 1.53 bits per heavy atom. The number of carbonyl (C=O) groups excluding carboxylic acids is 6. The van der Waals surface area contributed by atoms with Crippen molar-refractivity contribution >= 4 is 35.8 Å². The molecule has 2 N–H and O–H groups in total. The van der Waals surface area contributed by atoms with Crippen LogP contribution in [-0.2, 0) is 52.3 Å². The van der Waals surface area contributed by atoms with E-state index >= 15 is 0 Å². The van der Waals surface area contributed by atoms with Gasteiger partial charge in [-0.2, -0.15) is 0 Å². The van der Waals surface area contributed by atoms with Gasteiger partial charge in [-0.05, 0) is 43.3 Å². The maximum atomic E-state index is 13.7. The van der Waals surface area contributed by atoms with Crippen LogP contribution in [0.25, 0.3) is 0 Å². The third-order valence-electron chi connectivity index (χ3n) is 8.56. The first-order chi connectivity index (χ1) is 26.3. The Labute approximate surface area is 315 Å². The minimum absolute atomic E-state index is 0.0891. The number of nitrogens with one attached hydrogen (secondary N) is 1. The summed E-state index contributed by atoms with van der Waals surface area (Å²) in [4.78, 5) is 77.4. The molecule has 0 saturated carbocycles. The van der Waals surface area contributed by atoms with E-state index in [9.17, 15) is 33.9 Å². The maximum absolute atomic E-state index is 13.7. The quantitative estimate of drug-likeness (QED) is 0.201. The van der Waals surface area contributed by atoms with Gasteiger partial charge in [0.1, 0.15) is 24.9 Å². The highest BCUT2D eigenvalue weighted by molar-refractivity contribution is 5.91. The fourth-order valence-corrected chi connectivity index (χ4v) is 6.10. The number of hydrogen-bond donors (Lipinski definition) is 2. The maximum Gasteiger partial charge on any atom is 0.338 e. The molecule has 2 aliphatic heterocycles. The van der Waals surface area contributed by atoms with Crippen molar-refractivity contribution in [2.75, 3.05) is 6.61 Å². The molecule has 0 aromatic heterocycles. The molecule has 10 atom stereocenters. The minimum Gasteiger partial charge on any atom is -0.463 e. The topological polar surface area (TPSA) is 209 Å². The first kappa shape index (κ1) is 40.5. The fourth-order valence-electron chi connectivity index (χ4n) is 6.10. The van der Waals surface area contributed by atoms with E-state index in [0.29, 0.717) is 0 Å². The molecule has 0 spiro atoms. The van der Waals surface area contributed by atoms with E-state index in [4.69, 9.17) is 37.9 Å². The number of ether oxygens (including phenoxy) is 8. The second-order valence-corrected chi connectivity index (χ2v) is 12.7. The Morgan fingerprint density at radius 1 is 0.600 bits per heavy atom. The molecule has 2 saturated heterocycles. The van der Waals surface area contributed by atoms with Crippen molar-refractivity contribution in [1.82, 2.24) is 5.32 Å². The summed E-state index contributed by atoms with van der Waals surface area (Å²) in [6.45, 7) is 4.33. The van der Waals surface area contributed by atoms with E-state index in [0.717, 1.165) is 20.8 Å². The molecule has 0 aliphatic carbocycles. The van der Waals surface area contributed by atoms with Crippen LogP contribution in [0.1, 0.15) is 58.8 Å². The lowest BCUT2D eigenvalue weighted by atomic mass is 9.95. The Balaban J connectivity index is 1.60. The van der Waals surface area contributed by atoms with Crippen molar-refractivity contribution in [2.45, 2.75) is 89.0 Å². The Morgan fingerprint density at radius 2 is 1.07 bits per heavy atom. The normalized spacial score (nSPS) is 27.4. The first-order valence-electron chi connectivity index (χ1n) is 17.3. The van der Waals surface area contributed by atoms with Gasteiger partial charge in [-0.15, -0.1) is 0 Å². The van der Waals surface area contributed by atoms with Crippen LogP contribution in [0, 0.1) is 0 Å². The van der Waals surface area contributed by atoms with Crippen molar-refractivity contribution < 1.29 is 71.8 Å². The Bertz CT molecular complexity index is 1810. The monoisotopic (exact) mass is 763 g/mol. The molecule has 3 aromatic carbocycles. The zero-order chi connectivity index (χ0) is 39.6. The number of amides is 1.